The Hall–Kier alpha value is -1.39. The summed E-state index contributed by atoms with van der Waals surface area (Å²) in [5, 5.41) is 20.1. The van der Waals surface area contributed by atoms with E-state index in [2.05, 4.69) is 36.9 Å². The minimum Gasteiger partial charge on any atom is -0.481 e. The Bertz CT molecular complexity index is 523. The molecule has 4 heteroatoms. The number of carbonyl (C=O) groups is 1. The number of aliphatic hydroxyl groups is 1. The molecule has 1 fully saturated rings. The highest BCUT2D eigenvalue weighted by Gasteiger charge is 2.47. The van der Waals surface area contributed by atoms with Gasteiger partial charge in [-0.05, 0) is 49.9 Å². The van der Waals surface area contributed by atoms with Gasteiger partial charge in [-0.1, -0.05) is 31.5 Å². The first-order valence-electron chi connectivity index (χ1n) is 8.09. The van der Waals surface area contributed by atoms with Crippen molar-refractivity contribution < 1.29 is 15.0 Å². The molecular formula is C18H27NO3. The predicted octanol–water partition coefficient (Wildman–Crippen LogP) is 2.74. The molecule has 4 nitrogen and oxygen atoms in total. The maximum absolute atomic E-state index is 11.7. The van der Waals surface area contributed by atoms with Gasteiger partial charge in [0.25, 0.3) is 0 Å². The fourth-order valence-electron chi connectivity index (χ4n) is 3.59. The number of aliphatic hydroxyl groups excluding tert-OH is 1. The van der Waals surface area contributed by atoms with Crippen molar-refractivity contribution in [2.45, 2.75) is 52.7 Å². The van der Waals surface area contributed by atoms with Gasteiger partial charge in [0.05, 0.1) is 11.5 Å². The van der Waals surface area contributed by atoms with Gasteiger partial charge in [-0.25, -0.2) is 0 Å². The molecule has 2 atom stereocenters. The number of β-amino-alcohol motifs (C(OH)–C–C–N with tert-alkyl or cyclic N) is 1. The van der Waals surface area contributed by atoms with Gasteiger partial charge in [0.15, 0.2) is 0 Å². The van der Waals surface area contributed by atoms with Crippen molar-refractivity contribution in [3.8, 4) is 0 Å². The SMILES string of the molecule is CCC[C@]1(C(=O)O)CCN(Cc2c(C)cccc2C)CC1O. The van der Waals surface area contributed by atoms with Crippen molar-refractivity contribution in [3.05, 3.63) is 34.9 Å². The lowest BCUT2D eigenvalue weighted by Gasteiger charge is -2.43. The summed E-state index contributed by atoms with van der Waals surface area (Å²) in [7, 11) is 0. The van der Waals surface area contributed by atoms with Crippen LogP contribution in [0, 0.1) is 19.3 Å². The first-order valence-corrected chi connectivity index (χ1v) is 8.09. The van der Waals surface area contributed by atoms with Gasteiger partial charge >= 0.3 is 5.97 Å². The van der Waals surface area contributed by atoms with Crippen LogP contribution in [-0.4, -0.2) is 40.3 Å². The minimum atomic E-state index is -0.966. The molecule has 0 bridgehead atoms. The van der Waals surface area contributed by atoms with Gasteiger partial charge in [-0.3, -0.25) is 9.69 Å². The molecular weight excluding hydrogens is 278 g/mol. The third-order valence-electron chi connectivity index (χ3n) is 5.09. The van der Waals surface area contributed by atoms with E-state index in [1.54, 1.807) is 0 Å². The minimum absolute atomic E-state index is 0.431. The first kappa shape index (κ1) is 17.0. The lowest BCUT2D eigenvalue weighted by atomic mass is 9.72. The molecule has 0 saturated carbocycles. The Morgan fingerprint density at radius 1 is 1.36 bits per heavy atom. The Morgan fingerprint density at radius 2 is 2.00 bits per heavy atom. The summed E-state index contributed by atoms with van der Waals surface area (Å²) in [5.41, 5.74) is 2.82. The summed E-state index contributed by atoms with van der Waals surface area (Å²) < 4.78 is 0. The molecule has 1 aromatic carbocycles. The zero-order valence-corrected chi connectivity index (χ0v) is 13.8. The maximum atomic E-state index is 11.7. The number of carboxylic acids is 1. The van der Waals surface area contributed by atoms with Crippen LogP contribution in [0.2, 0.25) is 0 Å². The summed E-state index contributed by atoms with van der Waals surface area (Å²) in [6, 6.07) is 6.25. The number of benzene rings is 1. The van der Waals surface area contributed by atoms with Crippen LogP contribution in [0.15, 0.2) is 18.2 Å². The lowest BCUT2D eigenvalue weighted by molar-refractivity contribution is -0.164. The Balaban J connectivity index is 2.11. The zero-order valence-electron chi connectivity index (χ0n) is 13.8. The number of aliphatic carboxylic acids is 1. The number of aryl methyl sites for hydroxylation is 2. The van der Waals surface area contributed by atoms with Crippen LogP contribution in [0.5, 0.6) is 0 Å². The maximum Gasteiger partial charge on any atom is 0.312 e. The molecule has 22 heavy (non-hydrogen) atoms. The van der Waals surface area contributed by atoms with Crippen molar-refractivity contribution >= 4 is 5.97 Å². The van der Waals surface area contributed by atoms with E-state index >= 15 is 0 Å². The van der Waals surface area contributed by atoms with Crippen molar-refractivity contribution in [2.24, 2.45) is 5.41 Å². The van der Waals surface area contributed by atoms with Crippen molar-refractivity contribution in [2.75, 3.05) is 13.1 Å². The molecule has 1 saturated heterocycles. The Morgan fingerprint density at radius 3 is 2.50 bits per heavy atom. The van der Waals surface area contributed by atoms with Crippen LogP contribution in [0.1, 0.15) is 42.9 Å². The van der Waals surface area contributed by atoms with Crippen LogP contribution in [-0.2, 0) is 11.3 Å². The monoisotopic (exact) mass is 305 g/mol. The van der Waals surface area contributed by atoms with E-state index in [1.165, 1.54) is 16.7 Å². The van der Waals surface area contributed by atoms with E-state index < -0.39 is 17.5 Å². The van der Waals surface area contributed by atoms with Gasteiger partial charge in [0, 0.05) is 13.1 Å². The largest absolute Gasteiger partial charge is 0.481 e. The number of piperidine rings is 1. The summed E-state index contributed by atoms with van der Waals surface area (Å²) in [4.78, 5) is 13.8. The molecule has 0 radical (unpaired) electrons. The summed E-state index contributed by atoms with van der Waals surface area (Å²) >= 11 is 0. The molecule has 0 spiro atoms. The number of nitrogens with zero attached hydrogens (tertiary/aromatic N) is 1. The number of hydrogen-bond donors (Lipinski definition) is 2. The fourth-order valence-corrected chi connectivity index (χ4v) is 3.59. The highest BCUT2D eigenvalue weighted by Crippen LogP contribution is 2.37. The second kappa shape index (κ2) is 6.80. The number of rotatable bonds is 5. The van der Waals surface area contributed by atoms with Crippen molar-refractivity contribution in [3.63, 3.8) is 0 Å². The van der Waals surface area contributed by atoms with Crippen LogP contribution >= 0.6 is 0 Å². The smallest absolute Gasteiger partial charge is 0.312 e. The second-order valence-electron chi connectivity index (χ2n) is 6.58. The van der Waals surface area contributed by atoms with Gasteiger partial charge in [-0.15, -0.1) is 0 Å². The normalized spacial score (nSPS) is 26.1. The molecule has 1 unspecified atom stereocenters. The molecule has 2 rings (SSSR count). The molecule has 122 valence electrons. The van der Waals surface area contributed by atoms with E-state index in [-0.39, 0.29) is 0 Å². The van der Waals surface area contributed by atoms with Gasteiger partial charge < -0.3 is 10.2 Å². The molecule has 1 aliphatic heterocycles. The summed E-state index contributed by atoms with van der Waals surface area (Å²) in [5.74, 6) is -0.853. The Kier molecular flexibility index (Phi) is 5.24. The molecule has 2 N–H and O–H groups in total. The predicted molar refractivity (Wildman–Crippen MR) is 86.8 cm³/mol. The quantitative estimate of drug-likeness (QED) is 0.878. The number of likely N-dealkylation sites (tertiary alicyclic amines) is 1. The average Bonchev–Trinajstić information content (AvgIpc) is 2.46. The van der Waals surface area contributed by atoms with E-state index in [1.807, 2.05) is 6.92 Å². The average molecular weight is 305 g/mol. The van der Waals surface area contributed by atoms with Gasteiger partial charge in [-0.2, -0.15) is 0 Å². The van der Waals surface area contributed by atoms with Crippen molar-refractivity contribution in [1.29, 1.82) is 0 Å². The van der Waals surface area contributed by atoms with Crippen LogP contribution in [0.3, 0.4) is 0 Å². The molecule has 0 aromatic heterocycles. The standard InChI is InChI=1S/C18H27NO3/c1-4-8-18(17(21)22)9-10-19(12-16(18)20)11-15-13(2)6-5-7-14(15)3/h5-7,16,20H,4,8-12H2,1-3H3,(H,21,22)/t16?,18-/m0/s1. The topological polar surface area (TPSA) is 60.8 Å². The Labute approximate surface area is 132 Å². The van der Waals surface area contributed by atoms with Crippen LogP contribution < -0.4 is 0 Å². The molecule has 1 aliphatic rings. The third-order valence-corrected chi connectivity index (χ3v) is 5.09. The van der Waals surface area contributed by atoms with E-state index in [4.69, 9.17) is 0 Å². The number of hydrogen-bond acceptors (Lipinski definition) is 3. The van der Waals surface area contributed by atoms with Gasteiger partial charge in [0.2, 0.25) is 0 Å². The molecule has 0 amide bonds. The highest BCUT2D eigenvalue weighted by molar-refractivity contribution is 5.75. The van der Waals surface area contributed by atoms with Crippen LogP contribution in [0.4, 0.5) is 0 Å². The molecule has 1 aromatic rings. The van der Waals surface area contributed by atoms with Crippen LogP contribution in [0.25, 0.3) is 0 Å². The van der Waals surface area contributed by atoms with E-state index in [9.17, 15) is 15.0 Å². The lowest BCUT2D eigenvalue weighted by Crippen LogP contribution is -2.54. The number of carboxylic acid groups (broad SMARTS) is 1. The highest BCUT2D eigenvalue weighted by atomic mass is 16.4. The third kappa shape index (κ3) is 3.18. The summed E-state index contributed by atoms with van der Waals surface area (Å²) in [6.07, 6.45) is 1.03. The molecule has 1 heterocycles. The second-order valence-corrected chi connectivity index (χ2v) is 6.58. The zero-order chi connectivity index (χ0) is 16.3. The van der Waals surface area contributed by atoms with E-state index in [0.717, 1.165) is 19.5 Å². The first-order chi connectivity index (χ1) is 10.4. The fraction of sp³-hybridized carbons (Fsp3) is 0.611. The molecule has 0 aliphatic carbocycles. The summed E-state index contributed by atoms with van der Waals surface area (Å²) in [6.45, 7) is 8.09. The van der Waals surface area contributed by atoms with Gasteiger partial charge in [0.1, 0.15) is 0 Å². The van der Waals surface area contributed by atoms with E-state index in [0.29, 0.717) is 19.4 Å². The van der Waals surface area contributed by atoms with Crippen molar-refractivity contribution in [1.82, 2.24) is 4.90 Å².